The molecule has 2 heteroatoms. The average Bonchev–Trinajstić information content (AvgIpc) is 3.17. The van der Waals surface area contributed by atoms with Crippen LogP contribution >= 0.6 is 22.7 Å². The molecule has 0 spiro atoms. The Hall–Kier alpha value is -2.42. The molecule has 2 heterocycles. The SMILES string of the molecule is Cc1ccc2c(ccc3c2sc2c4ccc5cc(C)ccc5c4sc32)c1. The van der Waals surface area contributed by atoms with Crippen molar-refractivity contribution in [2.24, 2.45) is 0 Å². The molecule has 0 aliphatic carbocycles. The molecule has 26 heavy (non-hydrogen) atoms. The summed E-state index contributed by atoms with van der Waals surface area (Å²) >= 11 is 3.91. The second-order valence-corrected chi connectivity index (χ2v) is 9.24. The predicted molar refractivity (Wildman–Crippen MR) is 119 cm³/mol. The number of hydrogen-bond donors (Lipinski definition) is 0. The lowest BCUT2D eigenvalue weighted by Gasteiger charge is -2.02. The summed E-state index contributed by atoms with van der Waals surface area (Å²) in [6, 6.07) is 22.8. The summed E-state index contributed by atoms with van der Waals surface area (Å²) in [7, 11) is 0. The molecule has 0 amide bonds. The van der Waals surface area contributed by atoms with E-state index in [1.54, 1.807) is 0 Å². The molecule has 0 bridgehead atoms. The van der Waals surface area contributed by atoms with Gasteiger partial charge in [-0.3, -0.25) is 0 Å². The Balaban J connectivity index is 1.79. The zero-order valence-electron chi connectivity index (χ0n) is 14.6. The van der Waals surface area contributed by atoms with Gasteiger partial charge in [0, 0.05) is 20.2 Å². The van der Waals surface area contributed by atoms with Crippen molar-refractivity contribution in [3.63, 3.8) is 0 Å². The molecule has 124 valence electrons. The van der Waals surface area contributed by atoms with E-state index in [9.17, 15) is 0 Å². The number of aryl methyl sites for hydroxylation is 2. The summed E-state index contributed by atoms with van der Waals surface area (Å²) in [6.07, 6.45) is 0. The summed E-state index contributed by atoms with van der Waals surface area (Å²) < 4.78 is 5.73. The van der Waals surface area contributed by atoms with Gasteiger partial charge in [0.05, 0.1) is 9.40 Å². The molecule has 0 radical (unpaired) electrons. The lowest BCUT2D eigenvalue weighted by Crippen LogP contribution is -1.76. The van der Waals surface area contributed by atoms with Gasteiger partial charge in [-0.05, 0) is 35.4 Å². The van der Waals surface area contributed by atoms with Gasteiger partial charge in [0.15, 0.2) is 0 Å². The zero-order valence-corrected chi connectivity index (χ0v) is 16.2. The number of benzene rings is 4. The summed E-state index contributed by atoms with van der Waals surface area (Å²) in [5, 5.41) is 8.26. The van der Waals surface area contributed by atoms with E-state index >= 15 is 0 Å². The van der Waals surface area contributed by atoms with E-state index in [4.69, 9.17) is 0 Å². The lowest BCUT2D eigenvalue weighted by atomic mass is 10.1. The van der Waals surface area contributed by atoms with Crippen molar-refractivity contribution in [1.29, 1.82) is 0 Å². The Morgan fingerprint density at radius 2 is 0.885 bits per heavy atom. The van der Waals surface area contributed by atoms with E-state index in [-0.39, 0.29) is 0 Å². The molecule has 0 atom stereocenters. The Morgan fingerprint density at radius 3 is 1.35 bits per heavy atom. The molecule has 0 unspecified atom stereocenters. The van der Waals surface area contributed by atoms with Crippen LogP contribution in [0.3, 0.4) is 0 Å². The highest BCUT2D eigenvalue weighted by molar-refractivity contribution is 7.37. The summed E-state index contributed by atoms with van der Waals surface area (Å²) in [5.41, 5.74) is 2.64. The molecule has 0 saturated heterocycles. The molecule has 0 nitrogen and oxygen atoms in total. The van der Waals surface area contributed by atoms with E-state index in [1.807, 2.05) is 22.7 Å². The van der Waals surface area contributed by atoms with Crippen LogP contribution in [0.2, 0.25) is 0 Å². The molecule has 0 aliphatic heterocycles. The molecule has 0 aliphatic rings. The van der Waals surface area contributed by atoms with Gasteiger partial charge in [-0.25, -0.2) is 0 Å². The first-order valence-electron chi connectivity index (χ1n) is 8.86. The van der Waals surface area contributed by atoms with Crippen LogP contribution < -0.4 is 0 Å². The number of rotatable bonds is 0. The standard InChI is InChI=1S/C24H16S2/c1-13-3-7-17-15(11-13)5-9-19-21(17)25-24-20-10-6-16-12-14(2)4-8-18(16)22(20)26-23(19)24/h3-12H,1-2H3. The average molecular weight is 369 g/mol. The van der Waals surface area contributed by atoms with Crippen LogP contribution in [0, 0.1) is 13.8 Å². The van der Waals surface area contributed by atoms with Gasteiger partial charge >= 0.3 is 0 Å². The van der Waals surface area contributed by atoms with Crippen LogP contribution in [-0.2, 0) is 0 Å². The summed E-state index contributed by atoms with van der Waals surface area (Å²) in [6.45, 7) is 4.33. The normalized spacial score (nSPS) is 12.2. The third-order valence-electron chi connectivity index (χ3n) is 5.36. The van der Waals surface area contributed by atoms with Crippen LogP contribution in [0.1, 0.15) is 11.1 Å². The number of hydrogen-bond acceptors (Lipinski definition) is 2. The molecule has 0 N–H and O–H groups in total. The van der Waals surface area contributed by atoms with E-state index in [0.29, 0.717) is 0 Å². The van der Waals surface area contributed by atoms with Gasteiger partial charge in [-0.15, -0.1) is 22.7 Å². The smallest absolute Gasteiger partial charge is 0.0542 e. The Labute approximate surface area is 159 Å². The Kier molecular flexibility index (Phi) is 2.87. The predicted octanol–water partition coefficient (Wildman–Crippen LogP) is 8.19. The summed E-state index contributed by atoms with van der Waals surface area (Å²) in [4.78, 5) is 0. The van der Waals surface area contributed by atoms with Crippen molar-refractivity contribution in [2.45, 2.75) is 13.8 Å². The minimum atomic E-state index is 1.32. The fraction of sp³-hybridized carbons (Fsp3) is 0.0833. The zero-order chi connectivity index (χ0) is 17.4. The van der Waals surface area contributed by atoms with Crippen LogP contribution in [0.15, 0.2) is 60.7 Å². The minimum Gasteiger partial charge on any atom is -0.133 e. The molecule has 0 fully saturated rings. The van der Waals surface area contributed by atoms with Crippen LogP contribution in [-0.4, -0.2) is 0 Å². The van der Waals surface area contributed by atoms with Gasteiger partial charge in [0.1, 0.15) is 0 Å². The molecular weight excluding hydrogens is 352 g/mol. The van der Waals surface area contributed by atoms with Crippen LogP contribution in [0.25, 0.3) is 51.1 Å². The minimum absolute atomic E-state index is 1.32. The maximum Gasteiger partial charge on any atom is 0.0542 e. The number of fused-ring (bicyclic) bond motifs is 9. The fourth-order valence-electron chi connectivity index (χ4n) is 4.07. The fourth-order valence-corrected chi connectivity index (χ4v) is 6.98. The molecular formula is C24H16S2. The third kappa shape index (κ3) is 1.89. The second kappa shape index (κ2) is 5.06. The molecule has 6 rings (SSSR count). The molecule has 6 aromatic rings. The highest BCUT2D eigenvalue weighted by atomic mass is 32.1. The summed E-state index contributed by atoms with van der Waals surface area (Å²) in [5.74, 6) is 0. The topological polar surface area (TPSA) is 0 Å². The molecule has 0 saturated carbocycles. The number of thiophene rings is 2. The highest BCUT2D eigenvalue weighted by Crippen LogP contribution is 2.47. The first-order valence-corrected chi connectivity index (χ1v) is 10.5. The van der Waals surface area contributed by atoms with Crippen molar-refractivity contribution < 1.29 is 0 Å². The lowest BCUT2D eigenvalue weighted by molar-refractivity contribution is 1.51. The van der Waals surface area contributed by atoms with E-state index in [0.717, 1.165) is 0 Å². The van der Waals surface area contributed by atoms with E-state index in [1.165, 1.54) is 62.2 Å². The van der Waals surface area contributed by atoms with Crippen molar-refractivity contribution in [3.8, 4) is 0 Å². The Morgan fingerprint density at radius 1 is 0.462 bits per heavy atom. The van der Waals surface area contributed by atoms with Gasteiger partial charge in [0.2, 0.25) is 0 Å². The maximum absolute atomic E-state index is 2.32. The van der Waals surface area contributed by atoms with Crippen LogP contribution in [0.5, 0.6) is 0 Å². The maximum atomic E-state index is 2.32. The van der Waals surface area contributed by atoms with Gasteiger partial charge < -0.3 is 0 Å². The van der Waals surface area contributed by atoms with Crippen molar-refractivity contribution in [1.82, 2.24) is 0 Å². The largest absolute Gasteiger partial charge is 0.133 e. The van der Waals surface area contributed by atoms with Crippen molar-refractivity contribution in [2.75, 3.05) is 0 Å². The second-order valence-electron chi connectivity index (χ2n) is 7.20. The van der Waals surface area contributed by atoms with Gasteiger partial charge in [-0.1, -0.05) is 71.8 Å². The first kappa shape index (κ1) is 14.7. The molecule has 4 aromatic carbocycles. The van der Waals surface area contributed by atoms with Gasteiger partial charge in [-0.2, -0.15) is 0 Å². The third-order valence-corrected chi connectivity index (χ3v) is 8.03. The molecule has 2 aromatic heterocycles. The van der Waals surface area contributed by atoms with Crippen molar-refractivity contribution in [3.05, 3.63) is 71.8 Å². The van der Waals surface area contributed by atoms with E-state index in [2.05, 4.69) is 74.5 Å². The quantitative estimate of drug-likeness (QED) is 0.253. The van der Waals surface area contributed by atoms with E-state index < -0.39 is 0 Å². The Bertz CT molecular complexity index is 1380. The van der Waals surface area contributed by atoms with Gasteiger partial charge in [0.25, 0.3) is 0 Å². The van der Waals surface area contributed by atoms with Crippen molar-refractivity contribution >= 4 is 73.8 Å². The monoisotopic (exact) mass is 368 g/mol. The van der Waals surface area contributed by atoms with Crippen LogP contribution in [0.4, 0.5) is 0 Å². The first-order chi connectivity index (χ1) is 12.7. The highest BCUT2D eigenvalue weighted by Gasteiger charge is 2.15.